The Labute approximate surface area is 213 Å². The van der Waals surface area contributed by atoms with Gasteiger partial charge >= 0.3 is 0 Å². The molecular formula is C30H33N5O. The zero-order chi connectivity index (χ0) is 25.4. The molecule has 2 heterocycles. The molecule has 0 aliphatic carbocycles. The van der Waals surface area contributed by atoms with E-state index in [-0.39, 0.29) is 5.75 Å². The summed E-state index contributed by atoms with van der Waals surface area (Å²) >= 11 is 0. The molecule has 0 fully saturated rings. The zero-order valence-corrected chi connectivity index (χ0v) is 21.6. The van der Waals surface area contributed by atoms with Crippen molar-refractivity contribution in [2.24, 2.45) is 0 Å². The predicted octanol–water partition coefficient (Wildman–Crippen LogP) is 6.95. The fourth-order valence-electron chi connectivity index (χ4n) is 4.78. The molecule has 0 saturated heterocycles. The van der Waals surface area contributed by atoms with Crippen molar-refractivity contribution in [2.75, 3.05) is 16.5 Å². The van der Waals surface area contributed by atoms with Gasteiger partial charge in [0.1, 0.15) is 17.3 Å². The molecule has 0 saturated carbocycles. The molecule has 0 radical (unpaired) electrons. The summed E-state index contributed by atoms with van der Waals surface area (Å²) in [6, 6.07) is 22.1. The number of phenolic OH excluding ortho intramolecular Hbond substituents is 1. The number of phenols is 1. The standard InChI is InChI=1S/C30H33N5O/c1-20(2)25-12-9-13-26(21(3)4)29(25)34-17-16-33(19-34)24-11-8-10-23(18-24)30-31-22(5)35(32-30)27-14-6-7-15-28(27)36/h6-18,20-21,36H,19H2,1-5H3. The summed E-state index contributed by atoms with van der Waals surface area (Å²) in [5.41, 5.74) is 6.69. The second-order valence-electron chi connectivity index (χ2n) is 9.91. The number of rotatable bonds is 6. The van der Waals surface area contributed by atoms with E-state index in [2.05, 4.69) is 85.2 Å². The molecule has 4 aromatic rings. The van der Waals surface area contributed by atoms with Crippen LogP contribution in [0.1, 0.15) is 56.5 Å². The van der Waals surface area contributed by atoms with Crippen molar-refractivity contribution in [3.8, 4) is 22.8 Å². The summed E-state index contributed by atoms with van der Waals surface area (Å²) in [4.78, 5) is 9.29. The largest absolute Gasteiger partial charge is 0.506 e. The SMILES string of the molecule is Cc1nc(-c2cccc(N3C=CN(c4c(C(C)C)cccc4C(C)C)C3)c2)nn1-c1ccccc1O. The second-order valence-corrected chi connectivity index (χ2v) is 9.91. The van der Waals surface area contributed by atoms with Gasteiger partial charge in [-0.3, -0.25) is 0 Å². The lowest BCUT2D eigenvalue weighted by Crippen LogP contribution is -2.26. The minimum atomic E-state index is 0.176. The lowest BCUT2D eigenvalue weighted by molar-refractivity contribution is 0.470. The van der Waals surface area contributed by atoms with Gasteiger partial charge < -0.3 is 14.9 Å². The Kier molecular flexibility index (Phi) is 6.27. The van der Waals surface area contributed by atoms with E-state index in [1.807, 2.05) is 31.2 Å². The maximum Gasteiger partial charge on any atom is 0.181 e. The highest BCUT2D eigenvalue weighted by molar-refractivity contribution is 5.69. The molecule has 0 unspecified atom stereocenters. The van der Waals surface area contributed by atoms with E-state index < -0.39 is 0 Å². The van der Waals surface area contributed by atoms with Gasteiger partial charge in [0.05, 0.1) is 6.67 Å². The van der Waals surface area contributed by atoms with E-state index in [4.69, 9.17) is 5.10 Å². The van der Waals surface area contributed by atoms with Gasteiger partial charge in [0.2, 0.25) is 0 Å². The van der Waals surface area contributed by atoms with Crippen LogP contribution in [-0.2, 0) is 0 Å². The van der Waals surface area contributed by atoms with Gasteiger partial charge in [-0.2, -0.15) is 0 Å². The minimum absolute atomic E-state index is 0.176. The first-order valence-corrected chi connectivity index (χ1v) is 12.5. The molecule has 1 aliphatic rings. The monoisotopic (exact) mass is 479 g/mol. The summed E-state index contributed by atoms with van der Waals surface area (Å²) in [7, 11) is 0. The van der Waals surface area contributed by atoms with Crippen molar-refractivity contribution in [2.45, 2.75) is 46.5 Å². The third-order valence-corrected chi connectivity index (χ3v) is 6.68. The fraction of sp³-hybridized carbons (Fsp3) is 0.267. The number of aromatic nitrogens is 3. The van der Waals surface area contributed by atoms with E-state index in [0.717, 1.165) is 23.7 Å². The highest BCUT2D eigenvalue weighted by Gasteiger charge is 2.23. The lowest BCUT2D eigenvalue weighted by Gasteiger charge is -2.28. The molecule has 0 spiro atoms. The maximum absolute atomic E-state index is 10.3. The van der Waals surface area contributed by atoms with Gasteiger partial charge in [0.15, 0.2) is 5.82 Å². The average molecular weight is 480 g/mol. The highest BCUT2D eigenvalue weighted by Crippen LogP contribution is 2.37. The van der Waals surface area contributed by atoms with Crippen molar-refractivity contribution in [3.63, 3.8) is 0 Å². The van der Waals surface area contributed by atoms with E-state index in [1.165, 1.54) is 16.8 Å². The van der Waals surface area contributed by atoms with Gasteiger partial charge in [0, 0.05) is 29.3 Å². The Hall–Kier alpha value is -4.06. The van der Waals surface area contributed by atoms with Crippen molar-refractivity contribution in [1.82, 2.24) is 14.8 Å². The Balaban J connectivity index is 1.44. The van der Waals surface area contributed by atoms with E-state index in [9.17, 15) is 5.11 Å². The van der Waals surface area contributed by atoms with Crippen LogP contribution >= 0.6 is 0 Å². The lowest BCUT2D eigenvalue weighted by atomic mass is 9.92. The third kappa shape index (κ3) is 4.35. The number of aryl methyl sites for hydroxylation is 1. The van der Waals surface area contributed by atoms with Gasteiger partial charge in [-0.1, -0.05) is 70.2 Å². The summed E-state index contributed by atoms with van der Waals surface area (Å²) in [5.74, 6) is 2.41. The predicted molar refractivity (Wildman–Crippen MR) is 147 cm³/mol. The Morgan fingerprint density at radius 2 is 1.47 bits per heavy atom. The molecule has 6 nitrogen and oxygen atoms in total. The minimum Gasteiger partial charge on any atom is -0.506 e. The summed E-state index contributed by atoms with van der Waals surface area (Å²) in [5, 5.41) is 15.0. The zero-order valence-electron chi connectivity index (χ0n) is 21.6. The molecule has 1 N–H and O–H groups in total. The van der Waals surface area contributed by atoms with Gasteiger partial charge in [-0.05, 0) is 54.2 Å². The van der Waals surface area contributed by atoms with Gasteiger partial charge in [-0.25, -0.2) is 9.67 Å². The number of nitrogens with zero attached hydrogens (tertiary/aromatic N) is 5. The van der Waals surface area contributed by atoms with Gasteiger partial charge in [-0.15, -0.1) is 5.10 Å². The quantitative estimate of drug-likeness (QED) is 0.324. The smallest absolute Gasteiger partial charge is 0.181 e. The number of hydrogen-bond donors (Lipinski definition) is 1. The molecule has 0 atom stereocenters. The Morgan fingerprint density at radius 1 is 0.806 bits per heavy atom. The van der Waals surface area contributed by atoms with Crippen molar-refractivity contribution in [3.05, 3.63) is 96.1 Å². The molecule has 0 bridgehead atoms. The Bertz CT molecular complexity index is 1390. The number of hydrogen-bond acceptors (Lipinski definition) is 5. The first-order chi connectivity index (χ1) is 17.3. The second kappa shape index (κ2) is 9.53. The average Bonchev–Trinajstić information content (AvgIpc) is 3.51. The van der Waals surface area contributed by atoms with Crippen LogP contribution < -0.4 is 9.80 Å². The molecule has 36 heavy (non-hydrogen) atoms. The molecule has 184 valence electrons. The van der Waals surface area contributed by atoms with Crippen LogP contribution in [0, 0.1) is 6.92 Å². The normalized spacial score (nSPS) is 13.4. The molecule has 1 aliphatic heterocycles. The van der Waals surface area contributed by atoms with Crippen LogP contribution in [-0.4, -0.2) is 26.5 Å². The fourth-order valence-corrected chi connectivity index (χ4v) is 4.78. The molecule has 0 amide bonds. The third-order valence-electron chi connectivity index (χ3n) is 6.68. The van der Waals surface area contributed by atoms with E-state index >= 15 is 0 Å². The van der Waals surface area contributed by atoms with Crippen molar-refractivity contribution >= 4 is 11.4 Å². The topological polar surface area (TPSA) is 57.4 Å². The van der Waals surface area contributed by atoms with E-state index in [1.54, 1.807) is 16.8 Å². The first kappa shape index (κ1) is 23.7. The van der Waals surface area contributed by atoms with Crippen LogP contribution in [0.25, 0.3) is 17.1 Å². The molecule has 1 aromatic heterocycles. The summed E-state index contributed by atoms with van der Waals surface area (Å²) in [6.45, 7) is 11.7. The molecule has 6 heteroatoms. The van der Waals surface area contributed by atoms with Crippen molar-refractivity contribution in [1.29, 1.82) is 0 Å². The number of para-hydroxylation sites is 3. The Morgan fingerprint density at radius 3 is 2.17 bits per heavy atom. The molecular weight excluding hydrogens is 446 g/mol. The number of benzene rings is 3. The van der Waals surface area contributed by atoms with Crippen LogP contribution in [0.2, 0.25) is 0 Å². The maximum atomic E-state index is 10.3. The van der Waals surface area contributed by atoms with E-state index in [0.29, 0.717) is 23.3 Å². The van der Waals surface area contributed by atoms with Crippen molar-refractivity contribution < 1.29 is 5.11 Å². The van der Waals surface area contributed by atoms with Crippen LogP contribution in [0.5, 0.6) is 5.75 Å². The molecule has 3 aromatic carbocycles. The number of anilines is 2. The van der Waals surface area contributed by atoms with Crippen LogP contribution in [0.3, 0.4) is 0 Å². The first-order valence-electron chi connectivity index (χ1n) is 12.5. The summed E-state index contributed by atoms with van der Waals surface area (Å²) < 4.78 is 1.69. The number of aromatic hydroxyl groups is 1. The summed E-state index contributed by atoms with van der Waals surface area (Å²) in [6.07, 6.45) is 4.31. The molecule has 5 rings (SSSR count). The van der Waals surface area contributed by atoms with Crippen LogP contribution in [0.4, 0.5) is 11.4 Å². The highest BCUT2D eigenvalue weighted by atomic mass is 16.3. The van der Waals surface area contributed by atoms with Gasteiger partial charge in [0.25, 0.3) is 0 Å². The van der Waals surface area contributed by atoms with Crippen LogP contribution in [0.15, 0.2) is 79.1 Å².